The molecule has 4 heteroatoms. The van der Waals surface area contributed by atoms with Gasteiger partial charge < -0.3 is 9.64 Å². The van der Waals surface area contributed by atoms with Crippen LogP contribution in [0.1, 0.15) is 34.8 Å². The van der Waals surface area contributed by atoms with Gasteiger partial charge >= 0.3 is 5.97 Å². The molecule has 0 aromatic heterocycles. The van der Waals surface area contributed by atoms with Crippen molar-refractivity contribution >= 4 is 11.9 Å². The van der Waals surface area contributed by atoms with Crippen LogP contribution < -0.4 is 0 Å². The highest BCUT2D eigenvalue weighted by atomic mass is 16.5. The summed E-state index contributed by atoms with van der Waals surface area (Å²) in [5, 5.41) is 0. The first-order chi connectivity index (χ1) is 11.6. The number of aryl methyl sites for hydroxylation is 1. The minimum atomic E-state index is -0.285. The summed E-state index contributed by atoms with van der Waals surface area (Å²) in [7, 11) is 0. The number of rotatable bonds is 7. The van der Waals surface area contributed by atoms with Gasteiger partial charge in [-0.2, -0.15) is 0 Å². The Hall–Kier alpha value is -2.62. The van der Waals surface area contributed by atoms with Crippen LogP contribution in [0.5, 0.6) is 0 Å². The first-order valence-electron chi connectivity index (χ1n) is 8.15. The molecule has 2 aromatic carbocycles. The summed E-state index contributed by atoms with van der Waals surface area (Å²) in [6, 6.07) is 17.2. The van der Waals surface area contributed by atoms with Crippen molar-refractivity contribution in [2.24, 2.45) is 0 Å². The third-order valence-electron chi connectivity index (χ3n) is 3.69. The number of hydrogen-bond acceptors (Lipinski definition) is 3. The Labute approximate surface area is 143 Å². The lowest BCUT2D eigenvalue weighted by Crippen LogP contribution is -2.32. The molecule has 0 fully saturated rings. The smallest absolute Gasteiger partial charge is 0.307 e. The third kappa shape index (κ3) is 5.23. The normalized spacial score (nSPS) is 10.2. The molecule has 0 saturated carbocycles. The highest BCUT2D eigenvalue weighted by molar-refractivity contribution is 5.94. The van der Waals surface area contributed by atoms with E-state index in [9.17, 15) is 9.59 Å². The van der Waals surface area contributed by atoms with Crippen molar-refractivity contribution in [2.45, 2.75) is 26.8 Å². The number of amides is 1. The average Bonchev–Trinajstić information content (AvgIpc) is 2.60. The van der Waals surface area contributed by atoms with Crippen molar-refractivity contribution < 1.29 is 14.3 Å². The number of ether oxygens (including phenoxy) is 1. The summed E-state index contributed by atoms with van der Waals surface area (Å²) >= 11 is 0. The topological polar surface area (TPSA) is 46.6 Å². The van der Waals surface area contributed by atoms with Crippen LogP contribution in [0, 0.1) is 6.92 Å². The lowest BCUT2D eigenvalue weighted by atomic mass is 10.1. The number of benzene rings is 2. The Morgan fingerprint density at radius 3 is 2.29 bits per heavy atom. The molecule has 2 aromatic rings. The van der Waals surface area contributed by atoms with Crippen LogP contribution in [-0.2, 0) is 16.1 Å². The monoisotopic (exact) mass is 325 g/mol. The van der Waals surface area contributed by atoms with Crippen molar-refractivity contribution in [1.29, 1.82) is 0 Å². The van der Waals surface area contributed by atoms with E-state index < -0.39 is 0 Å². The molecule has 0 spiro atoms. The molecule has 2 rings (SSSR count). The van der Waals surface area contributed by atoms with E-state index in [-0.39, 0.29) is 18.3 Å². The SMILES string of the molecule is CCOC(=O)CCN(Cc1ccccc1)C(=O)c1ccc(C)cc1. The average molecular weight is 325 g/mol. The van der Waals surface area contributed by atoms with Crippen LogP contribution in [-0.4, -0.2) is 29.9 Å². The van der Waals surface area contributed by atoms with E-state index in [1.807, 2.05) is 61.5 Å². The molecule has 0 heterocycles. The molecular weight excluding hydrogens is 302 g/mol. The fourth-order valence-electron chi connectivity index (χ4n) is 2.39. The van der Waals surface area contributed by atoms with E-state index in [1.165, 1.54) is 0 Å². The van der Waals surface area contributed by atoms with Gasteiger partial charge in [-0.15, -0.1) is 0 Å². The molecule has 126 valence electrons. The molecule has 0 aliphatic heterocycles. The van der Waals surface area contributed by atoms with Gasteiger partial charge in [0.05, 0.1) is 13.0 Å². The molecule has 4 nitrogen and oxygen atoms in total. The predicted molar refractivity (Wildman–Crippen MR) is 93.6 cm³/mol. The van der Waals surface area contributed by atoms with E-state index in [4.69, 9.17) is 4.74 Å². The number of hydrogen-bond donors (Lipinski definition) is 0. The van der Waals surface area contributed by atoms with Gasteiger partial charge in [-0.3, -0.25) is 9.59 Å². The zero-order chi connectivity index (χ0) is 17.4. The Bertz CT molecular complexity index is 665. The second-order valence-corrected chi connectivity index (χ2v) is 5.63. The molecule has 24 heavy (non-hydrogen) atoms. The molecular formula is C20H23NO3. The van der Waals surface area contributed by atoms with Crippen molar-refractivity contribution in [1.82, 2.24) is 4.90 Å². The van der Waals surface area contributed by atoms with Crippen LogP contribution in [0.3, 0.4) is 0 Å². The van der Waals surface area contributed by atoms with Crippen LogP contribution >= 0.6 is 0 Å². The van der Waals surface area contributed by atoms with Crippen LogP contribution in [0.25, 0.3) is 0 Å². The summed E-state index contributed by atoms with van der Waals surface area (Å²) in [5.74, 6) is -0.365. The molecule has 0 bridgehead atoms. The van der Waals surface area contributed by atoms with Gasteiger partial charge in [0.15, 0.2) is 0 Å². The third-order valence-corrected chi connectivity index (χ3v) is 3.69. The van der Waals surface area contributed by atoms with Gasteiger partial charge in [-0.05, 0) is 31.5 Å². The fraction of sp³-hybridized carbons (Fsp3) is 0.300. The first kappa shape index (κ1) is 17.7. The molecule has 0 aliphatic carbocycles. The number of nitrogens with zero attached hydrogens (tertiary/aromatic N) is 1. The number of carbonyl (C=O) groups is 2. The second kappa shape index (κ2) is 8.87. The minimum Gasteiger partial charge on any atom is -0.466 e. The van der Waals surface area contributed by atoms with Gasteiger partial charge in [-0.1, -0.05) is 48.0 Å². The van der Waals surface area contributed by atoms with Crippen molar-refractivity contribution in [3.63, 3.8) is 0 Å². The van der Waals surface area contributed by atoms with E-state index in [1.54, 1.807) is 11.8 Å². The largest absolute Gasteiger partial charge is 0.466 e. The van der Waals surface area contributed by atoms with Gasteiger partial charge in [0.2, 0.25) is 0 Å². The fourth-order valence-corrected chi connectivity index (χ4v) is 2.39. The summed E-state index contributed by atoms with van der Waals surface area (Å²) in [6.07, 6.45) is 0.193. The van der Waals surface area contributed by atoms with E-state index in [0.29, 0.717) is 25.3 Å². The molecule has 0 saturated heterocycles. The molecule has 0 atom stereocenters. The van der Waals surface area contributed by atoms with Crippen LogP contribution in [0.4, 0.5) is 0 Å². The Morgan fingerprint density at radius 2 is 1.67 bits per heavy atom. The second-order valence-electron chi connectivity index (χ2n) is 5.63. The van der Waals surface area contributed by atoms with Crippen LogP contribution in [0.15, 0.2) is 54.6 Å². The van der Waals surface area contributed by atoms with E-state index in [0.717, 1.165) is 11.1 Å². The summed E-state index contributed by atoms with van der Waals surface area (Å²) < 4.78 is 4.97. The summed E-state index contributed by atoms with van der Waals surface area (Å²) in [6.45, 7) is 4.91. The predicted octanol–water partition coefficient (Wildman–Crippen LogP) is 3.59. The number of carbonyl (C=O) groups excluding carboxylic acids is 2. The van der Waals surface area contributed by atoms with Crippen LogP contribution in [0.2, 0.25) is 0 Å². The van der Waals surface area contributed by atoms with Gasteiger partial charge in [-0.25, -0.2) is 0 Å². The molecule has 0 radical (unpaired) electrons. The Kier molecular flexibility index (Phi) is 6.55. The van der Waals surface area contributed by atoms with E-state index >= 15 is 0 Å². The van der Waals surface area contributed by atoms with Gasteiger partial charge in [0.25, 0.3) is 5.91 Å². The first-order valence-corrected chi connectivity index (χ1v) is 8.15. The van der Waals surface area contributed by atoms with Crippen molar-refractivity contribution in [2.75, 3.05) is 13.2 Å². The zero-order valence-electron chi connectivity index (χ0n) is 14.2. The summed E-state index contributed by atoms with van der Waals surface area (Å²) in [5.41, 5.74) is 2.76. The quantitative estimate of drug-likeness (QED) is 0.731. The maximum atomic E-state index is 12.8. The summed E-state index contributed by atoms with van der Waals surface area (Å²) in [4.78, 5) is 26.1. The maximum Gasteiger partial charge on any atom is 0.307 e. The van der Waals surface area contributed by atoms with Crippen molar-refractivity contribution in [3.05, 3.63) is 71.3 Å². The number of esters is 1. The molecule has 0 aliphatic rings. The maximum absolute atomic E-state index is 12.8. The van der Waals surface area contributed by atoms with Gasteiger partial charge in [0.1, 0.15) is 0 Å². The zero-order valence-corrected chi connectivity index (χ0v) is 14.2. The highest BCUT2D eigenvalue weighted by Crippen LogP contribution is 2.12. The van der Waals surface area contributed by atoms with Gasteiger partial charge in [0, 0.05) is 18.7 Å². The Balaban J connectivity index is 2.13. The molecule has 1 amide bonds. The minimum absolute atomic E-state index is 0.0804. The lowest BCUT2D eigenvalue weighted by molar-refractivity contribution is -0.143. The van der Waals surface area contributed by atoms with E-state index in [2.05, 4.69) is 0 Å². The lowest BCUT2D eigenvalue weighted by Gasteiger charge is -2.23. The molecule has 0 unspecified atom stereocenters. The highest BCUT2D eigenvalue weighted by Gasteiger charge is 2.17. The standard InChI is InChI=1S/C20H23NO3/c1-3-24-19(22)13-14-21(15-17-7-5-4-6-8-17)20(23)18-11-9-16(2)10-12-18/h4-12H,3,13-15H2,1-2H3. The molecule has 0 N–H and O–H groups in total. The van der Waals surface area contributed by atoms with Crippen molar-refractivity contribution in [3.8, 4) is 0 Å². The Morgan fingerprint density at radius 1 is 1.00 bits per heavy atom.